The Morgan fingerprint density at radius 3 is 2.79 bits per heavy atom. The molecule has 1 fully saturated rings. The van der Waals surface area contributed by atoms with Gasteiger partial charge in [-0.05, 0) is 36.9 Å². The second-order valence-electron chi connectivity index (χ2n) is 5.85. The Bertz CT molecular complexity index is 873. The molecular weight excluding hydrogens is 322 g/mol. The molecule has 1 aliphatic rings. The van der Waals surface area contributed by atoms with Crippen LogP contribution >= 0.6 is 11.3 Å². The number of rotatable bonds is 3. The van der Waals surface area contributed by atoms with Gasteiger partial charge in [0.15, 0.2) is 5.82 Å². The fourth-order valence-corrected chi connectivity index (χ4v) is 3.78. The van der Waals surface area contributed by atoms with E-state index in [4.69, 9.17) is 9.72 Å². The molecule has 1 saturated heterocycles. The van der Waals surface area contributed by atoms with Gasteiger partial charge < -0.3 is 15.0 Å². The molecule has 3 aromatic rings. The van der Waals surface area contributed by atoms with Crippen molar-refractivity contribution in [3.8, 4) is 0 Å². The minimum Gasteiger partial charge on any atom is -0.378 e. The van der Waals surface area contributed by atoms with E-state index < -0.39 is 0 Å². The minimum absolute atomic E-state index is 0.761. The third-order valence-electron chi connectivity index (χ3n) is 4.19. The molecule has 0 radical (unpaired) electrons. The molecule has 0 atom stereocenters. The van der Waals surface area contributed by atoms with Crippen molar-refractivity contribution in [2.24, 2.45) is 0 Å². The number of thiophene rings is 1. The number of pyridine rings is 1. The van der Waals surface area contributed by atoms with E-state index in [-0.39, 0.29) is 0 Å². The standard InChI is InChI=1S/C17H19N5OS/c1-11-9-24-16-15(11)18-10-19-17(16)21-13-3-4-14(20-12(13)2)22-5-7-23-8-6-22/h3-4,9-10H,5-8H2,1-2H3,(H,18,19,21). The smallest absolute Gasteiger partial charge is 0.151 e. The first-order chi connectivity index (χ1) is 11.7. The maximum atomic E-state index is 5.40. The fourth-order valence-electron chi connectivity index (χ4n) is 2.83. The molecule has 4 heterocycles. The van der Waals surface area contributed by atoms with Crippen LogP contribution in [0.25, 0.3) is 10.2 Å². The molecule has 3 aromatic heterocycles. The van der Waals surface area contributed by atoms with Crippen LogP contribution in [0.5, 0.6) is 0 Å². The lowest BCUT2D eigenvalue weighted by Gasteiger charge is -2.28. The molecule has 0 amide bonds. The molecule has 0 aromatic carbocycles. The molecule has 1 aliphatic heterocycles. The van der Waals surface area contributed by atoms with Crippen molar-refractivity contribution in [3.63, 3.8) is 0 Å². The van der Waals surface area contributed by atoms with Gasteiger partial charge in [0.1, 0.15) is 12.1 Å². The van der Waals surface area contributed by atoms with Gasteiger partial charge in [-0.2, -0.15) is 0 Å². The first kappa shape index (κ1) is 15.3. The molecule has 124 valence electrons. The Morgan fingerprint density at radius 1 is 1.17 bits per heavy atom. The summed E-state index contributed by atoms with van der Waals surface area (Å²) in [6.45, 7) is 7.39. The summed E-state index contributed by atoms with van der Waals surface area (Å²) in [7, 11) is 0. The van der Waals surface area contributed by atoms with Crippen molar-refractivity contribution < 1.29 is 4.74 Å². The van der Waals surface area contributed by atoms with Gasteiger partial charge in [-0.25, -0.2) is 15.0 Å². The van der Waals surface area contributed by atoms with E-state index in [2.05, 4.69) is 44.6 Å². The topological polar surface area (TPSA) is 63.2 Å². The van der Waals surface area contributed by atoms with Crippen LogP contribution in [0.4, 0.5) is 17.3 Å². The van der Waals surface area contributed by atoms with E-state index in [1.165, 1.54) is 5.56 Å². The molecule has 7 heteroatoms. The normalized spacial score (nSPS) is 15.0. The number of aromatic nitrogens is 3. The molecule has 4 rings (SSSR count). The summed E-state index contributed by atoms with van der Waals surface area (Å²) in [4.78, 5) is 15.8. The molecule has 0 spiro atoms. The Morgan fingerprint density at radius 2 is 2.00 bits per heavy atom. The van der Waals surface area contributed by atoms with Crippen molar-refractivity contribution >= 4 is 38.9 Å². The van der Waals surface area contributed by atoms with Crippen molar-refractivity contribution in [3.05, 3.63) is 35.1 Å². The van der Waals surface area contributed by atoms with E-state index in [1.807, 2.05) is 6.92 Å². The molecule has 0 saturated carbocycles. The highest BCUT2D eigenvalue weighted by Crippen LogP contribution is 2.31. The Labute approximate surface area is 144 Å². The predicted octanol–water partition coefficient (Wildman–Crippen LogP) is 3.28. The lowest BCUT2D eigenvalue weighted by Crippen LogP contribution is -2.36. The van der Waals surface area contributed by atoms with Gasteiger partial charge in [0.2, 0.25) is 0 Å². The van der Waals surface area contributed by atoms with Crippen LogP contribution in [0.1, 0.15) is 11.3 Å². The number of anilines is 3. The SMILES string of the molecule is Cc1nc(N2CCOCC2)ccc1Nc1ncnc2c(C)csc12. The van der Waals surface area contributed by atoms with Crippen LogP contribution in [0.3, 0.4) is 0 Å². The van der Waals surface area contributed by atoms with Crippen LogP contribution in [-0.2, 0) is 4.74 Å². The lowest BCUT2D eigenvalue weighted by molar-refractivity contribution is 0.122. The van der Waals surface area contributed by atoms with E-state index in [9.17, 15) is 0 Å². The second-order valence-corrected chi connectivity index (χ2v) is 6.73. The number of morpholine rings is 1. The molecular formula is C17H19N5OS. The summed E-state index contributed by atoms with van der Waals surface area (Å²) in [6, 6.07) is 4.13. The number of ether oxygens (including phenoxy) is 1. The Hall–Kier alpha value is -2.25. The summed E-state index contributed by atoms with van der Waals surface area (Å²) in [5.74, 6) is 1.84. The second kappa shape index (κ2) is 6.33. The average Bonchev–Trinajstić information content (AvgIpc) is 3.00. The molecule has 1 N–H and O–H groups in total. The van der Waals surface area contributed by atoms with E-state index >= 15 is 0 Å². The number of hydrogen-bond donors (Lipinski definition) is 1. The van der Waals surface area contributed by atoms with Crippen LogP contribution in [0, 0.1) is 13.8 Å². The van der Waals surface area contributed by atoms with E-state index in [0.29, 0.717) is 0 Å². The Balaban J connectivity index is 1.62. The van der Waals surface area contributed by atoms with Gasteiger partial charge in [0.25, 0.3) is 0 Å². The minimum atomic E-state index is 0.761. The number of fused-ring (bicyclic) bond motifs is 1. The van der Waals surface area contributed by atoms with Crippen LogP contribution in [0.2, 0.25) is 0 Å². The van der Waals surface area contributed by atoms with Gasteiger partial charge >= 0.3 is 0 Å². The molecule has 24 heavy (non-hydrogen) atoms. The van der Waals surface area contributed by atoms with Gasteiger partial charge in [0, 0.05) is 13.1 Å². The summed E-state index contributed by atoms with van der Waals surface area (Å²) in [5, 5.41) is 5.52. The first-order valence-electron chi connectivity index (χ1n) is 7.98. The number of nitrogens with one attached hydrogen (secondary N) is 1. The summed E-state index contributed by atoms with van der Waals surface area (Å²) >= 11 is 1.66. The van der Waals surface area contributed by atoms with Crippen molar-refractivity contribution in [1.29, 1.82) is 0 Å². The van der Waals surface area contributed by atoms with E-state index in [1.54, 1.807) is 17.7 Å². The van der Waals surface area contributed by atoms with Gasteiger partial charge in [-0.15, -0.1) is 11.3 Å². The van der Waals surface area contributed by atoms with E-state index in [0.717, 1.165) is 59.5 Å². The van der Waals surface area contributed by atoms with Gasteiger partial charge in [-0.1, -0.05) is 0 Å². The van der Waals surface area contributed by atoms with Crippen molar-refractivity contribution in [2.75, 3.05) is 36.5 Å². The predicted molar refractivity (Wildman–Crippen MR) is 97.4 cm³/mol. The highest BCUT2D eigenvalue weighted by Gasteiger charge is 2.14. The van der Waals surface area contributed by atoms with Crippen LogP contribution < -0.4 is 10.2 Å². The molecule has 0 bridgehead atoms. The quantitative estimate of drug-likeness (QED) is 0.789. The molecule has 0 aliphatic carbocycles. The molecule has 0 unspecified atom stereocenters. The van der Waals surface area contributed by atoms with Crippen molar-refractivity contribution in [1.82, 2.24) is 15.0 Å². The van der Waals surface area contributed by atoms with Crippen molar-refractivity contribution in [2.45, 2.75) is 13.8 Å². The highest BCUT2D eigenvalue weighted by molar-refractivity contribution is 7.18. The summed E-state index contributed by atoms with van der Waals surface area (Å²) in [5.41, 5.74) is 4.11. The number of nitrogens with zero attached hydrogens (tertiary/aromatic N) is 4. The van der Waals surface area contributed by atoms with Crippen LogP contribution in [-0.4, -0.2) is 41.3 Å². The lowest BCUT2D eigenvalue weighted by atomic mass is 10.2. The largest absolute Gasteiger partial charge is 0.378 e. The van der Waals surface area contributed by atoms with Gasteiger partial charge in [-0.3, -0.25) is 0 Å². The monoisotopic (exact) mass is 341 g/mol. The zero-order valence-electron chi connectivity index (χ0n) is 13.7. The fraction of sp³-hybridized carbons (Fsp3) is 0.353. The zero-order chi connectivity index (χ0) is 16.5. The summed E-state index contributed by atoms with van der Waals surface area (Å²) < 4.78 is 6.48. The van der Waals surface area contributed by atoms with Gasteiger partial charge in [0.05, 0.1) is 34.8 Å². The third kappa shape index (κ3) is 2.81. The highest BCUT2D eigenvalue weighted by atomic mass is 32.1. The number of hydrogen-bond acceptors (Lipinski definition) is 7. The maximum absolute atomic E-state index is 5.40. The number of aryl methyl sites for hydroxylation is 2. The van der Waals surface area contributed by atoms with Crippen LogP contribution in [0.15, 0.2) is 23.8 Å². The summed E-state index contributed by atoms with van der Waals surface area (Å²) in [6.07, 6.45) is 1.61. The first-order valence-corrected chi connectivity index (χ1v) is 8.86. The Kier molecular flexibility index (Phi) is 4.03. The maximum Gasteiger partial charge on any atom is 0.151 e. The third-order valence-corrected chi connectivity index (χ3v) is 5.28. The molecule has 6 nitrogen and oxygen atoms in total. The average molecular weight is 341 g/mol. The zero-order valence-corrected chi connectivity index (χ0v) is 14.6.